The first-order valence-corrected chi connectivity index (χ1v) is 6.53. The van der Waals surface area contributed by atoms with Gasteiger partial charge in [-0.3, -0.25) is 9.59 Å². The van der Waals surface area contributed by atoms with Crippen LogP contribution in [0.1, 0.15) is 31.9 Å². The summed E-state index contributed by atoms with van der Waals surface area (Å²) < 4.78 is 5.21. The molecule has 0 spiro atoms. The molecule has 1 fully saturated rings. The van der Waals surface area contributed by atoms with Gasteiger partial charge in [0.25, 0.3) is 0 Å². The number of ketones is 1. The van der Waals surface area contributed by atoms with E-state index in [1.165, 1.54) is 0 Å². The highest BCUT2D eigenvalue weighted by Crippen LogP contribution is 2.17. The van der Waals surface area contributed by atoms with Crippen LogP contribution >= 0.6 is 0 Å². The Bertz CT molecular complexity index is 411. The van der Waals surface area contributed by atoms with Crippen molar-refractivity contribution in [2.45, 2.75) is 32.6 Å². The third-order valence-corrected chi connectivity index (χ3v) is 3.54. The van der Waals surface area contributed by atoms with Crippen LogP contribution in [0.15, 0.2) is 22.8 Å². The fourth-order valence-electron chi connectivity index (χ4n) is 2.33. The Morgan fingerprint density at radius 3 is 3.06 bits per heavy atom. The van der Waals surface area contributed by atoms with E-state index >= 15 is 0 Å². The lowest BCUT2D eigenvalue weighted by Gasteiger charge is -2.31. The van der Waals surface area contributed by atoms with Crippen molar-refractivity contribution in [3.63, 3.8) is 0 Å². The second kappa shape index (κ2) is 5.85. The molecule has 1 aliphatic heterocycles. The van der Waals surface area contributed by atoms with Crippen molar-refractivity contribution in [1.82, 2.24) is 4.90 Å². The smallest absolute Gasteiger partial charge is 0.223 e. The molecule has 98 valence electrons. The molecule has 0 N–H and O–H groups in total. The van der Waals surface area contributed by atoms with Crippen molar-refractivity contribution in [2.75, 3.05) is 13.1 Å². The third-order valence-electron chi connectivity index (χ3n) is 3.54. The minimum atomic E-state index is 0.0336. The topological polar surface area (TPSA) is 50.5 Å². The van der Waals surface area contributed by atoms with E-state index in [9.17, 15) is 9.59 Å². The van der Waals surface area contributed by atoms with Crippen LogP contribution in [0.5, 0.6) is 0 Å². The zero-order valence-corrected chi connectivity index (χ0v) is 10.7. The summed E-state index contributed by atoms with van der Waals surface area (Å²) >= 11 is 0. The average molecular weight is 249 g/mol. The summed E-state index contributed by atoms with van der Waals surface area (Å²) in [6, 6.07) is 3.70. The van der Waals surface area contributed by atoms with Crippen molar-refractivity contribution in [1.29, 1.82) is 0 Å². The highest BCUT2D eigenvalue weighted by atomic mass is 16.3. The molecule has 1 atom stereocenters. The maximum atomic E-state index is 12.0. The predicted molar refractivity (Wildman–Crippen MR) is 67.0 cm³/mol. The molecule has 0 aliphatic carbocycles. The molecular weight excluding hydrogens is 230 g/mol. The maximum Gasteiger partial charge on any atom is 0.223 e. The van der Waals surface area contributed by atoms with E-state index in [1.807, 2.05) is 24.0 Å². The number of aryl methyl sites for hydroxylation is 1. The molecule has 4 nitrogen and oxygen atoms in total. The monoisotopic (exact) mass is 249 g/mol. The second-order valence-electron chi connectivity index (χ2n) is 4.74. The van der Waals surface area contributed by atoms with Gasteiger partial charge in [0.05, 0.1) is 6.26 Å². The van der Waals surface area contributed by atoms with E-state index in [0.717, 1.165) is 12.2 Å². The molecule has 1 amide bonds. The Morgan fingerprint density at radius 1 is 1.56 bits per heavy atom. The molecule has 0 bridgehead atoms. The molecule has 1 unspecified atom stereocenters. The summed E-state index contributed by atoms with van der Waals surface area (Å²) in [6.45, 7) is 3.16. The number of furan rings is 1. The van der Waals surface area contributed by atoms with Crippen LogP contribution in [0.2, 0.25) is 0 Å². The summed E-state index contributed by atoms with van der Waals surface area (Å²) in [5.74, 6) is 1.29. The van der Waals surface area contributed by atoms with E-state index < -0.39 is 0 Å². The molecule has 1 saturated heterocycles. The summed E-state index contributed by atoms with van der Waals surface area (Å²) in [7, 11) is 0. The predicted octanol–water partition coefficient (Wildman–Crippen LogP) is 2.04. The van der Waals surface area contributed by atoms with Crippen LogP contribution in [-0.2, 0) is 16.0 Å². The van der Waals surface area contributed by atoms with Crippen LogP contribution in [-0.4, -0.2) is 29.7 Å². The molecule has 2 heterocycles. The first kappa shape index (κ1) is 12.9. The molecule has 4 heteroatoms. The van der Waals surface area contributed by atoms with Crippen LogP contribution in [0, 0.1) is 5.92 Å². The summed E-state index contributed by atoms with van der Waals surface area (Å²) in [5, 5.41) is 0. The number of amides is 1. The normalized spacial score (nSPS) is 20.2. The number of carbonyl (C=O) groups excluding carboxylic acids is 2. The molecule has 18 heavy (non-hydrogen) atoms. The second-order valence-corrected chi connectivity index (χ2v) is 4.74. The van der Waals surface area contributed by atoms with Gasteiger partial charge in [-0.1, -0.05) is 6.92 Å². The molecule has 1 aromatic heterocycles. The van der Waals surface area contributed by atoms with Gasteiger partial charge in [-0.2, -0.15) is 0 Å². The molecule has 1 aromatic rings. The number of hydrogen-bond acceptors (Lipinski definition) is 3. The molecule has 2 rings (SSSR count). The summed E-state index contributed by atoms with van der Waals surface area (Å²) in [6.07, 6.45) is 4.03. The lowest BCUT2D eigenvalue weighted by molar-refractivity contribution is -0.137. The summed E-state index contributed by atoms with van der Waals surface area (Å²) in [4.78, 5) is 25.4. The van der Waals surface area contributed by atoms with Gasteiger partial charge >= 0.3 is 0 Å². The highest BCUT2D eigenvalue weighted by molar-refractivity contribution is 5.85. The third kappa shape index (κ3) is 3.00. The van der Waals surface area contributed by atoms with E-state index in [4.69, 9.17) is 4.42 Å². The fourth-order valence-corrected chi connectivity index (χ4v) is 2.33. The Hall–Kier alpha value is -1.58. The van der Waals surface area contributed by atoms with Gasteiger partial charge in [-0.05, 0) is 18.6 Å². The van der Waals surface area contributed by atoms with E-state index in [1.54, 1.807) is 6.26 Å². The van der Waals surface area contributed by atoms with Crippen LogP contribution in [0.4, 0.5) is 0 Å². The first-order chi connectivity index (χ1) is 8.70. The van der Waals surface area contributed by atoms with Gasteiger partial charge in [-0.15, -0.1) is 0 Å². The number of Topliss-reactive ketones (excluding diaryl/α,β-unsaturated/α-hetero) is 1. The van der Waals surface area contributed by atoms with E-state index in [0.29, 0.717) is 38.1 Å². The minimum Gasteiger partial charge on any atom is -0.469 e. The summed E-state index contributed by atoms with van der Waals surface area (Å²) in [5.41, 5.74) is 0. The largest absolute Gasteiger partial charge is 0.469 e. The van der Waals surface area contributed by atoms with Gasteiger partial charge in [0, 0.05) is 38.3 Å². The number of nitrogens with zero attached hydrogens (tertiary/aromatic N) is 1. The molecular formula is C14H19NO3. The Balaban J connectivity index is 1.84. The van der Waals surface area contributed by atoms with Crippen molar-refractivity contribution in [3.05, 3.63) is 24.2 Å². The Morgan fingerprint density at radius 2 is 2.39 bits per heavy atom. The molecule has 0 radical (unpaired) electrons. The zero-order valence-electron chi connectivity index (χ0n) is 10.7. The number of carbonyl (C=O) groups is 2. The zero-order chi connectivity index (χ0) is 13.0. The van der Waals surface area contributed by atoms with Crippen LogP contribution in [0.25, 0.3) is 0 Å². The standard InChI is InChI=1S/C14H19NO3/c1-2-11-10-15(8-7-13(11)16)14(17)6-5-12-4-3-9-18-12/h3-4,9,11H,2,5-8,10H2,1H3. The van der Waals surface area contributed by atoms with Crippen molar-refractivity contribution in [3.8, 4) is 0 Å². The van der Waals surface area contributed by atoms with Crippen molar-refractivity contribution < 1.29 is 14.0 Å². The van der Waals surface area contributed by atoms with Gasteiger partial charge in [0.15, 0.2) is 0 Å². The lowest BCUT2D eigenvalue weighted by Crippen LogP contribution is -2.44. The molecule has 0 saturated carbocycles. The SMILES string of the molecule is CCC1CN(C(=O)CCc2ccco2)CCC1=O. The lowest BCUT2D eigenvalue weighted by atomic mass is 9.94. The highest BCUT2D eigenvalue weighted by Gasteiger charge is 2.28. The Labute approximate surface area is 107 Å². The van der Waals surface area contributed by atoms with E-state index in [-0.39, 0.29) is 11.8 Å². The maximum absolute atomic E-state index is 12.0. The quantitative estimate of drug-likeness (QED) is 0.820. The van der Waals surface area contributed by atoms with Crippen LogP contribution < -0.4 is 0 Å². The van der Waals surface area contributed by atoms with Crippen molar-refractivity contribution in [2.24, 2.45) is 5.92 Å². The van der Waals surface area contributed by atoms with E-state index in [2.05, 4.69) is 0 Å². The van der Waals surface area contributed by atoms with Gasteiger partial charge in [0.2, 0.25) is 5.91 Å². The fraction of sp³-hybridized carbons (Fsp3) is 0.571. The number of piperidine rings is 1. The number of rotatable bonds is 4. The van der Waals surface area contributed by atoms with Gasteiger partial charge in [-0.25, -0.2) is 0 Å². The minimum absolute atomic E-state index is 0.0336. The van der Waals surface area contributed by atoms with Gasteiger partial charge < -0.3 is 9.32 Å². The first-order valence-electron chi connectivity index (χ1n) is 6.53. The van der Waals surface area contributed by atoms with Gasteiger partial charge in [0.1, 0.15) is 11.5 Å². The average Bonchev–Trinajstić information content (AvgIpc) is 2.89. The Kier molecular flexibility index (Phi) is 4.18. The van der Waals surface area contributed by atoms with Crippen LogP contribution in [0.3, 0.4) is 0 Å². The molecule has 0 aromatic carbocycles. The number of hydrogen-bond donors (Lipinski definition) is 0. The number of likely N-dealkylation sites (tertiary alicyclic amines) is 1. The van der Waals surface area contributed by atoms with Crippen molar-refractivity contribution >= 4 is 11.7 Å². The molecule has 1 aliphatic rings.